The Hall–Kier alpha value is -2.40. The van der Waals surface area contributed by atoms with Crippen LogP contribution in [0.1, 0.15) is 29.8 Å². The molecule has 108 valence electrons. The van der Waals surface area contributed by atoms with Crippen LogP contribution in [0.5, 0.6) is 0 Å². The minimum Gasteiger partial charge on any atom is -0.306 e. The second-order valence-electron chi connectivity index (χ2n) is 5.18. The zero-order valence-electron chi connectivity index (χ0n) is 12.2. The molecule has 1 unspecified atom stereocenters. The number of para-hydroxylation sites is 1. The van der Waals surface area contributed by atoms with Crippen molar-refractivity contribution in [1.82, 2.24) is 25.3 Å². The third-order valence-corrected chi connectivity index (χ3v) is 3.66. The zero-order valence-corrected chi connectivity index (χ0v) is 12.2. The predicted molar refractivity (Wildman–Crippen MR) is 82.1 cm³/mol. The first-order valence-corrected chi connectivity index (χ1v) is 7.06. The van der Waals surface area contributed by atoms with Crippen molar-refractivity contribution in [3.63, 3.8) is 0 Å². The summed E-state index contributed by atoms with van der Waals surface area (Å²) in [6.07, 6.45) is 5.84. The number of hydrogen-bond acceptors (Lipinski definition) is 3. The fraction of sp³-hybridized carbons (Fsp3) is 0.250. The Bertz CT molecular complexity index is 698. The average Bonchev–Trinajstić information content (AvgIpc) is 3.15. The van der Waals surface area contributed by atoms with Crippen molar-refractivity contribution in [2.75, 3.05) is 0 Å². The Balaban J connectivity index is 1.67. The van der Waals surface area contributed by atoms with E-state index in [4.69, 9.17) is 0 Å². The number of aromatic amines is 1. The standard InChI is InChI=1S/C16H19N5/c1-12(17-8-14-9-18-20-13(14)2)15-10-19-21(11-15)16-6-4-3-5-7-16/h3-7,9-12,17H,8H2,1-2H3,(H,18,20). The number of hydrogen-bond donors (Lipinski definition) is 2. The lowest BCUT2D eigenvalue weighted by molar-refractivity contribution is 0.573. The number of rotatable bonds is 5. The van der Waals surface area contributed by atoms with E-state index < -0.39 is 0 Å². The molecule has 0 bridgehead atoms. The second kappa shape index (κ2) is 5.93. The van der Waals surface area contributed by atoms with Crippen molar-refractivity contribution in [2.24, 2.45) is 0 Å². The second-order valence-corrected chi connectivity index (χ2v) is 5.18. The minimum atomic E-state index is 0.233. The smallest absolute Gasteiger partial charge is 0.0645 e. The molecule has 2 aromatic heterocycles. The van der Waals surface area contributed by atoms with Gasteiger partial charge < -0.3 is 5.32 Å². The van der Waals surface area contributed by atoms with E-state index in [9.17, 15) is 0 Å². The first kappa shape index (κ1) is 13.6. The highest BCUT2D eigenvalue weighted by atomic mass is 15.3. The molecule has 0 aliphatic rings. The Kier molecular flexibility index (Phi) is 3.83. The molecule has 0 saturated carbocycles. The number of nitrogens with zero attached hydrogens (tertiary/aromatic N) is 3. The molecule has 1 atom stereocenters. The summed E-state index contributed by atoms with van der Waals surface area (Å²) < 4.78 is 1.90. The van der Waals surface area contributed by atoms with Crippen LogP contribution in [-0.2, 0) is 6.54 Å². The molecule has 5 heteroatoms. The van der Waals surface area contributed by atoms with Gasteiger partial charge in [-0.2, -0.15) is 10.2 Å². The fourth-order valence-corrected chi connectivity index (χ4v) is 2.22. The van der Waals surface area contributed by atoms with E-state index in [1.807, 2.05) is 54.3 Å². The molecule has 0 aliphatic heterocycles. The Morgan fingerprint density at radius 2 is 2.05 bits per heavy atom. The summed E-state index contributed by atoms with van der Waals surface area (Å²) in [5.41, 5.74) is 4.54. The van der Waals surface area contributed by atoms with Crippen LogP contribution in [0.25, 0.3) is 5.69 Å². The van der Waals surface area contributed by atoms with Gasteiger partial charge in [-0.05, 0) is 26.0 Å². The SMILES string of the molecule is Cc1[nH]ncc1CNC(C)c1cnn(-c2ccccc2)c1. The molecular formula is C16H19N5. The number of aromatic nitrogens is 4. The summed E-state index contributed by atoms with van der Waals surface area (Å²) in [6.45, 7) is 4.96. The number of H-pyrrole nitrogens is 1. The van der Waals surface area contributed by atoms with Crippen molar-refractivity contribution in [3.05, 3.63) is 65.7 Å². The predicted octanol–water partition coefficient (Wildman–Crippen LogP) is 2.75. The van der Waals surface area contributed by atoms with Crippen LogP contribution < -0.4 is 5.32 Å². The zero-order chi connectivity index (χ0) is 14.7. The molecule has 1 aromatic carbocycles. The maximum absolute atomic E-state index is 4.43. The Labute approximate surface area is 124 Å². The average molecular weight is 281 g/mol. The van der Waals surface area contributed by atoms with E-state index >= 15 is 0 Å². The van der Waals surface area contributed by atoms with Crippen molar-refractivity contribution >= 4 is 0 Å². The van der Waals surface area contributed by atoms with Gasteiger partial charge in [0.2, 0.25) is 0 Å². The Morgan fingerprint density at radius 3 is 2.76 bits per heavy atom. The number of benzene rings is 1. The Morgan fingerprint density at radius 1 is 1.24 bits per heavy atom. The molecule has 2 heterocycles. The number of nitrogens with one attached hydrogen (secondary N) is 2. The highest BCUT2D eigenvalue weighted by Gasteiger charge is 2.09. The van der Waals surface area contributed by atoms with Gasteiger partial charge in [0.1, 0.15) is 0 Å². The van der Waals surface area contributed by atoms with E-state index in [-0.39, 0.29) is 6.04 Å². The van der Waals surface area contributed by atoms with Crippen molar-refractivity contribution in [1.29, 1.82) is 0 Å². The minimum absolute atomic E-state index is 0.233. The maximum atomic E-state index is 4.43. The topological polar surface area (TPSA) is 58.5 Å². The molecule has 0 fully saturated rings. The summed E-state index contributed by atoms with van der Waals surface area (Å²) in [6, 6.07) is 10.4. The van der Waals surface area contributed by atoms with E-state index in [1.165, 1.54) is 11.1 Å². The largest absolute Gasteiger partial charge is 0.306 e. The van der Waals surface area contributed by atoms with Gasteiger partial charge in [-0.25, -0.2) is 4.68 Å². The lowest BCUT2D eigenvalue weighted by Gasteiger charge is -2.11. The monoisotopic (exact) mass is 281 g/mol. The van der Waals surface area contributed by atoms with Crippen molar-refractivity contribution in [2.45, 2.75) is 26.4 Å². The molecule has 0 radical (unpaired) electrons. The third-order valence-electron chi connectivity index (χ3n) is 3.66. The lowest BCUT2D eigenvalue weighted by Crippen LogP contribution is -2.17. The summed E-state index contributed by atoms with van der Waals surface area (Å²) in [7, 11) is 0. The van der Waals surface area contributed by atoms with Gasteiger partial charge >= 0.3 is 0 Å². The van der Waals surface area contributed by atoms with Crippen LogP contribution in [-0.4, -0.2) is 20.0 Å². The first-order valence-electron chi connectivity index (χ1n) is 7.06. The maximum Gasteiger partial charge on any atom is 0.0645 e. The van der Waals surface area contributed by atoms with Crippen molar-refractivity contribution in [3.8, 4) is 5.69 Å². The first-order chi connectivity index (χ1) is 10.2. The molecule has 0 saturated heterocycles. The van der Waals surface area contributed by atoms with Gasteiger partial charge in [0.15, 0.2) is 0 Å². The van der Waals surface area contributed by atoms with Crippen LogP contribution in [0.3, 0.4) is 0 Å². The molecule has 3 rings (SSSR count). The molecule has 0 spiro atoms. The normalized spacial score (nSPS) is 12.5. The van der Waals surface area contributed by atoms with Crippen molar-refractivity contribution < 1.29 is 0 Å². The molecule has 3 aromatic rings. The van der Waals surface area contributed by atoms with E-state index in [1.54, 1.807) is 0 Å². The third kappa shape index (κ3) is 3.03. The summed E-state index contributed by atoms with van der Waals surface area (Å²) in [5.74, 6) is 0. The van der Waals surface area contributed by atoms with E-state index in [2.05, 4.69) is 33.7 Å². The lowest BCUT2D eigenvalue weighted by atomic mass is 10.2. The molecule has 0 aliphatic carbocycles. The summed E-state index contributed by atoms with van der Waals surface area (Å²) in [5, 5.41) is 14.9. The molecular weight excluding hydrogens is 262 g/mol. The summed E-state index contributed by atoms with van der Waals surface area (Å²) in [4.78, 5) is 0. The van der Waals surface area contributed by atoms with E-state index in [0.29, 0.717) is 0 Å². The van der Waals surface area contributed by atoms with Gasteiger partial charge in [-0.1, -0.05) is 18.2 Å². The highest BCUT2D eigenvalue weighted by molar-refractivity contribution is 5.31. The molecule has 21 heavy (non-hydrogen) atoms. The van der Waals surface area contributed by atoms with Crippen LogP contribution in [0.4, 0.5) is 0 Å². The van der Waals surface area contributed by atoms with Gasteiger partial charge in [0.25, 0.3) is 0 Å². The van der Waals surface area contributed by atoms with Gasteiger partial charge in [-0.3, -0.25) is 5.10 Å². The van der Waals surface area contributed by atoms with Crippen LogP contribution in [0, 0.1) is 6.92 Å². The number of aryl methyl sites for hydroxylation is 1. The fourth-order valence-electron chi connectivity index (χ4n) is 2.22. The van der Waals surface area contributed by atoms with E-state index in [0.717, 1.165) is 17.9 Å². The molecule has 0 amide bonds. The van der Waals surface area contributed by atoms with Crippen LogP contribution in [0.15, 0.2) is 48.9 Å². The van der Waals surface area contributed by atoms with Gasteiger partial charge in [-0.15, -0.1) is 0 Å². The van der Waals surface area contributed by atoms with Crippen LogP contribution >= 0.6 is 0 Å². The highest BCUT2D eigenvalue weighted by Crippen LogP contribution is 2.15. The van der Waals surface area contributed by atoms with Gasteiger partial charge in [0, 0.05) is 35.6 Å². The van der Waals surface area contributed by atoms with Crippen LogP contribution in [0.2, 0.25) is 0 Å². The summed E-state index contributed by atoms with van der Waals surface area (Å²) >= 11 is 0. The molecule has 2 N–H and O–H groups in total. The van der Waals surface area contributed by atoms with Gasteiger partial charge in [0.05, 0.1) is 18.1 Å². The molecule has 5 nitrogen and oxygen atoms in total. The quantitative estimate of drug-likeness (QED) is 0.756.